The Labute approximate surface area is 77.2 Å². The molecule has 1 heterocycles. The van der Waals surface area contributed by atoms with Crippen molar-refractivity contribution in [3.8, 4) is 0 Å². The molecular weight excluding hydrogens is 168 g/mol. The highest BCUT2D eigenvalue weighted by atomic mass is 16.4. The molecule has 0 aromatic carbocycles. The van der Waals surface area contributed by atoms with Crippen LogP contribution in [0.5, 0.6) is 0 Å². The fraction of sp³-hybridized carbons (Fsp3) is 0.556. The minimum atomic E-state index is -0.890. The number of rotatable bonds is 4. The lowest BCUT2D eigenvalue weighted by Gasteiger charge is -2.01. The van der Waals surface area contributed by atoms with Gasteiger partial charge in [-0.1, -0.05) is 13.3 Å². The van der Waals surface area contributed by atoms with Crippen LogP contribution in [0, 0.1) is 0 Å². The van der Waals surface area contributed by atoms with E-state index in [4.69, 9.17) is 5.11 Å². The van der Waals surface area contributed by atoms with Crippen molar-refractivity contribution in [2.75, 3.05) is 0 Å². The maximum absolute atomic E-state index is 10.7. The van der Waals surface area contributed by atoms with Crippen molar-refractivity contribution >= 4 is 5.97 Å². The number of carbonyl (C=O) groups is 1. The van der Waals surface area contributed by atoms with Crippen molar-refractivity contribution in [2.45, 2.75) is 26.2 Å². The van der Waals surface area contributed by atoms with E-state index in [9.17, 15) is 4.79 Å². The Morgan fingerprint density at radius 3 is 2.92 bits per heavy atom. The molecule has 1 aromatic heterocycles. The molecule has 0 bridgehead atoms. The highest BCUT2D eigenvalue weighted by Crippen LogP contribution is 2.10. The largest absolute Gasteiger partial charge is 0.478 e. The molecule has 0 atom stereocenters. The molecule has 4 nitrogen and oxygen atoms in total. The van der Waals surface area contributed by atoms with Gasteiger partial charge in [-0.15, -0.1) is 0 Å². The number of nitrogens with zero attached hydrogens (tertiary/aromatic N) is 2. The molecule has 0 spiro atoms. The van der Waals surface area contributed by atoms with E-state index < -0.39 is 5.97 Å². The van der Waals surface area contributed by atoms with Crippen LogP contribution in [0.2, 0.25) is 0 Å². The molecule has 1 aromatic rings. The Balaban J connectivity index is 2.88. The van der Waals surface area contributed by atoms with E-state index in [1.807, 2.05) is 0 Å². The predicted octanol–water partition coefficient (Wildman–Crippen LogP) is 1.46. The molecular formula is C9H14N2O2. The molecule has 0 aliphatic rings. The molecule has 0 unspecified atom stereocenters. The first-order valence-electron chi connectivity index (χ1n) is 4.41. The SMILES string of the molecule is CCCCc1c(C(=O)O)cnn1C. The van der Waals surface area contributed by atoms with Crippen molar-refractivity contribution in [1.29, 1.82) is 0 Å². The second-order valence-electron chi connectivity index (χ2n) is 3.04. The highest BCUT2D eigenvalue weighted by Gasteiger charge is 2.13. The number of aryl methyl sites for hydroxylation is 1. The second kappa shape index (κ2) is 4.07. The monoisotopic (exact) mass is 182 g/mol. The van der Waals surface area contributed by atoms with Crippen LogP contribution < -0.4 is 0 Å². The molecule has 4 heteroatoms. The third-order valence-electron chi connectivity index (χ3n) is 2.06. The predicted molar refractivity (Wildman–Crippen MR) is 48.8 cm³/mol. The number of unbranched alkanes of at least 4 members (excludes halogenated alkanes) is 1. The first-order valence-corrected chi connectivity index (χ1v) is 4.41. The van der Waals surface area contributed by atoms with Crippen molar-refractivity contribution in [2.24, 2.45) is 7.05 Å². The third-order valence-corrected chi connectivity index (χ3v) is 2.06. The molecule has 72 valence electrons. The van der Waals surface area contributed by atoms with Crippen LogP contribution in [0.1, 0.15) is 35.8 Å². The van der Waals surface area contributed by atoms with Crippen LogP contribution in [-0.4, -0.2) is 20.9 Å². The third kappa shape index (κ3) is 2.08. The Morgan fingerprint density at radius 2 is 2.38 bits per heavy atom. The van der Waals surface area contributed by atoms with E-state index in [1.165, 1.54) is 6.20 Å². The van der Waals surface area contributed by atoms with Gasteiger partial charge in [0.2, 0.25) is 0 Å². The van der Waals surface area contributed by atoms with E-state index in [0.29, 0.717) is 5.56 Å². The van der Waals surface area contributed by atoms with Crippen LogP contribution in [0.4, 0.5) is 0 Å². The Bertz CT molecular complexity index is 305. The maximum Gasteiger partial charge on any atom is 0.339 e. The molecule has 0 aliphatic heterocycles. The fourth-order valence-corrected chi connectivity index (χ4v) is 1.28. The van der Waals surface area contributed by atoms with Crippen LogP contribution in [0.3, 0.4) is 0 Å². The average Bonchev–Trinajstić information content (AvgIpc) is 2.43. The zero-order chi connectivity index (χ0) is 9.84. The van der Waals surface area contributed by atoms with E-state index in [0.717, 1.165) is 25.0 Å². The zero-order valence-electron chi connectivity index (χ0n) is 7.95. The van der Waals surface area contributed by atoms with Crippen molar-refractivity contribution in [3.63, 3.8) is 0 Å². The van der Waals surface area contributed by atoms with E-state index in [2.05, 4.69) is 12.0 Å². The van der Waals surface area contributed by atoms with Crippen LogP contribution in [-0.2, 0) is 13.5 Å². The van der Waals surface area contributed by atoms with Gasteiger partial charge in [0.15, 0.2) is 0 Å². The van der Waals surface area contributed by atoms with Gasteiger partial charge in [-0.05, 0) is 12.8 Å². The molecule has 1 rings (SSSR count). The maximum atomic E-state index is 10.7. The zero-order valence-corrected chi connectivity index (χ0v) is 7.95. The summed E-state index contributed by atoms with van der Waals surface area (Å²) in [4.78, 5) is 10.7. The van der Waals surface area contributed by atoms with Gasteiger partial charge >= 0.3 is 5.97 Å². The topological polar surface area (TPSA) is 55.1 Å². The van der Waals surface area contributed by atoms with Crippen molar-refractivity contribution in [1.82, 2.24) is 9.78 Å². The summed E-state index contributed by atoms with van der Waals surface area (Å²) in [7, 11) is 1.78. The number of aromatic nitrogens is 2. The number of carboxylic acid groups (broad SMARTS) is 1. The molecule has 0 amide bonds. The molecule has 1 N–H and O–H groups in total. The van der Waals surface area contributed by atoms with Crippen molar-refractivity contribution < 1.29 is 9.90 Å². The molecule has 0 saturated heterocycles. The quantitative estimate of drug-likeness (QED) is 0.767. The van der Waals surface area contributed by atoms with Gasteiger partial charge in [-0.25, -0.2) is 4.79 Å². The number of hydrogen-bond acceptors (Lipinski definition) is 2. The summed E-state index contributed by atoms with van der Waals surface area (Å²) < 4.78 is 1.64. The molecule has 13 heavy (non-hydrogen) atoms. The lowest BCUT2D eigenvalue weighted by atomic mass is 10.1. The number of aromatic carboxylic acids is 1. The number of carboxylic acids is 1. The lowest BCUT2D eigenvalue weighted by molar-refractivity contribution is 0.0695. The summed E-state index contributed by atoms with van der Waals surface area (Å²) in [5, 5.41) is 12.8. The van der Waals surface area contributed by atoms with Gasteiger partial charge in [-0.3, -0.25) is 4.68 Å². The minimum absolute atomic E-state index is 0.330. The first-order chi connectivity index (χ1) is 6.16. The van der Waals surface area contributed by atoms with E-state index in [-0.39, 0.29) is 0 Å². The molecule has 0 aliphatic carbocycles. The van der Waals surface area contributed by atoms with Gasteiger partial charge in [0.25, 0.3) is 0 Å². The van der Waals surface area contributed by atoms with Gasteiger partial charge in [0, 0.05) is 7.05 Å². The van der Waals surface area contributed by atoms with Crippen LogP contribution >= 0.6 is 0 Å². The van der Waals surface area contributed by atoms with Gasteiger partial charge in [-0.2, -0.15) is 5.10 Å². The molecule has 0 fully saturated rings. The van der Waals surface area contributed by atoms with Gasteiger partial charge in [0.05, 0.1) is 11.9 Å². The minimum Gasteiger partial charge on any atom is -0.478 e. The smallest absolute Gasteiger partial charge is 0.339 e. The van der Waals surface area contributed by atoms with Crippen molar-refractivity contribution in [3.05, 3.63) is 17.5 Å². The second-order valence-corrected chi connectivity index (χ2v) is 3.04. The van der Waals surface area contributed by atoms with E-state index >= 15 is 0 Å². The van der Waals surface area contributed by atoms with Gasteiger partial charge in [0.1, 0.15) is 5.56 Å². The fourth-order valence-electron chi connectivity index (χ4n) is 1.28. The summed E-state index contributed by atoms with van der Waals surface area (Å²) in [6.45, 7) is 2.08. The van der Waals surface area contributed by atoms with Gasteiger partial charge < -0.3 is 5.11 Å². The Morgan fingerprint density at radius 1 is 1.69 bits per heavy atom. The normalized spacial score (nSPS) is 10.3. The molecule has 0 saturated carbocycles. The van der Waals surface area contributed by atoms with Crippen LogP contribution in [0.25, 0.3) is 0 Å². The van der Waals surface area contributed by atoms with E-state index in [1.54, 1.807) is 11.7 Å². The summed E-state index contributed by atoms with van der Waals surface area (Å²) >= 11 is 0. The average molecular weight is 182 g/mol. The number of hydrogen-bond donors (Lipinski definition) is 1. The standard InChI is InChI=1S/C9H14N2O2/c1-3-4-5-8-7(9(12)13)6-10-11(8)2/h6H,3-5H2,1-2H3,(H,12,13). The van der Waals surface area contributed by atoms with Crippen LogP contribution in [0.15, 0.2) is 6.20 Å². The summed E-state index contributed by atoms with van der Waals surface area (Å²) in [5.41, 5.74) is 1.14. The summed E-state index contributed by atoms with van der Waals surface area (Å²) in [6, 6.07) is 0. The summed E-state index contributed by atoms with van der Waals surface area (Å²) in [5.74, 6) is -0.890. The highest BCUT2D eigenvalue weighted by molar-refractivity contribution is 5.88. The first kappa shape index (κ1) is 9.77. The Hall–Kier alpha value is -1.32. The lowest BCUT2D eigenvalue weighted by Crippen LogP contribution is -2.04. The summed E-state index contributed by atoms with van der Waals surface area (Å²) in [6.07, 6.45) is 4.26. The Kier molecular flexibility index (Phi) is 3.06. The molecule has 0 radical (unpaired) electrons.